The maximum Gasteiger partial charge on any atom is 0.262 e. The Morgan fingerprint density at radius 3 is 2.42 bits per heavy atom. The number of hydrogen-bond acceptors (Lipinski definition) is 3. The van der Waals surface area contributed by atoms with Crippen LogP contribution in [0.2, 0.25) is 5.02 Å². The van der Waals surface area contributed by atoms with Gasteiger partial charge in [0.1, 0.15) is 5.75 Å². The SMILES string of the molecule is CN(C)C(=O)c1ccc(NC(=O)COc2ccc(Br)cc2Cl)cc1. The Balaban J connectivity index is 1.91. The normalized spacial score (nSPS) is 10.2. The minimum atomic E-state index is -0.319. The number of halogens is 2. The molecule has 0 bridgehead atoms. The number of hydrogen-bond donors (Lipinski definition) is 1. The van der Waals surface area contributed by atoms with Crippen molar-refractivity contribution in [2.75, 3.05) is 26.0 Å². The number of rotatable bonds is 5. The van der Waals surface area contributed by atoms with Gasteiger partial charge < -0.3 is 15.0 Å². The summed E-state index contributed by atoms with van der Waals surface area (Å²) in [5, 5.41) is 3.12. The second-order valence-electron chi connectivity index (χ2n) is 5.19. The van der Waals surface area contributed by atoms with Gasteiger partial charge in [0.25, 0.3) is 11.8 Å². The molecule has 0 heterocycles. The van der Waals surface area contributed by atoms with E-state index in [1.165, 1.54) is 4.90 Å². The Hall–Kier alpha value is -2.05. The molecular weight excluding hydrogens is 396 g/mol. The molecule has 0 saturated carbocycles. The maximum absolute atomic E-state index is 11.9. The van der Waals surface area contributed by atoms with Gasteiger partial charge in [0.15, 0.2) is 6.61 Å². The van der Waals surface area contributed by atoms with E-state index in [9.17, 15) is 9.59 Å². The lowest BCUT2D eigenvalue weighted by molar-refractivity contribution is -0.118. The van der Waals surface area contributed by atoms with Gasteiger partial charge in [-0.2, -0.15) is 0 Å². The van der Waals surface area contributed by atoms with Crippen LogP contribution in [0.1, 0.15) is 10.4 Å². The third-order valence-electron chi connectivity index (χ3n) is 3.07. The fraction of sp³-hybridized carbons (Fsp3) is 0.176. The maximum atomic E-state index is 11.9. The van der Waals surface area contributed by atoms with E-state index in [4.69, 9.17) is 16.3 Å². The molecule has 0 aromatic heterocycles. The highest BCUT2D eigenvalue weighted by molar-refractivity contribution is 9.10. The molecule has 24 heavy (non-hydrogen) atoms. The van der Waals surface area contributed by atoms with Crippen molar-refractivity contribution in [1.29, 1.82) is 0 Å². The summed E-state index contributed by atoms with van der Waals surface area (Å²) in [7, 11) is 3.37. The topological polar surface area (TPSA) is 58.6 Å². The zero-order chi connectivity index (χ0) is 17.7. The van der Waals surface area contributed by atoms with Crippen molar-refractivity contribution in [1.82, 2.24) is 4.90 Å². The first kappa shape index (κ1) is 18.3. The van der Waals surface area contributed by atoms with E-state index in [1.807, 2.05) is 0 Å². The number of nitrogens with one attached hydrogen (secondary N) is 1. The predicted molar refractivity (Wildman–Crippen MR) is 97.7 cm³/mol. The molecule has 7 heteroatoms. The second kappa shape index (κ2) is 8.17. The summed E-state index contributed by atoms with van der Waals surface area (Å²) in [5.41, 5.74) is 1.14. The smallest absolute Gasteiger partial charge is 0.262 e. The van der Waals surface area contributed by atoms with E-state index in [2.05, 4.69) is 21.2 Å². The molecule has 1 N–H and O–H groups in total. The van der Waals surface area contributed by atoms with Crippen LogP contribution >= 0.6 is 27.5 Å². The van der Waals surface area contributed by atoms with Gasteiger partial charge in [0.05, 0.1) is 5.02 Å². The van der Waals surface area contributed by atoms with E-state index in [-0.39, 0.29) is 18.4 Å². The lowest BCUT2D eigenvalue weighted by atomic mass is 10.2. The highest BCUT2D eigenvalue weighted by atomic mass is 79.9. The highest BCUT2D eigenvalue weighted by Crippen LogP contribution is 2.27. The van der Waals surface area contributed by atoms with Gasteiger partial charge in [0, 0.05) is 29.8 Å². The van der Waals surface area contributed by atoms with E-state index in [0.717, 1.165) is 4.47 Å². The standard InChI is InChI=1S/C17H16BrClN2O3/c1-21(2)17(23)11-3-6-13(7-4-11)20-16(22)10-24-15-8-5-12(18)9-14(15)19/h3-9H,10H2,1-2H3,(H,20,22). The van der Waals surface area contributed by atoms with E-state index in [1.54, 1.807) is 56.6 Å². The first-order valence-corrected chi connectivity index (χ1v) is 8.23. The number of nitrogens with zero attached hydrogens (tertiary/aromatic N) is 1. The van der Waals surface area contributed by atoms with Crippen LogP contribution in [-0.2, 0) is 4.79 Å². The van der Waals surface area contributed by atoms with Crippen molar-refractivity contribution >= 4 is 45.0 Å². The molecule has 2 aromatic carbocycles. The molecule has 0 aliphatic carbocycles. The molecule has 0 fully saturated rings. The van der Waals surface area contributed by atoms with Crippen molar-refractivity contribution in [3.05, 3.63) is 57.5 Å². The fourth-order valence-corrected chi connectivity index (χ4v) is 2.61. The highest BCUT2D eigenvalue weighted by Gasteiger charge is 2.09. The molecule has 2 rings (SSSR count). The third kappa shape index (κ3) is 4.97. The predicted octanol–water partition coefficient (Wildman–Crippen LogP) is 3.82. The molecule has 5 nitrogen and oxygen atoms in total. The van der Waals surface area contributed by atoms with Crippen LogP contribution in [-0.4, -0.2) is 37.4 Å². The number of carbonyl (C=O) groups is 2. The number of amides is 2. The lowest BCUT2D eigenvalue weighted by Gasteiger charge is -2.11. The minimum absolute atomic E-state index is 0.0962. The van der Waals surface area contributed by atoms with E-state index < -0.39 is 0 Å². The first-order chi connectivity index (χ1) is 11.4. The first-order valence-electron chi connectivity index (χ1n) is 7.06. The van der Waals surface area contributed by atoms with Crippen LogP contribution in [0.5, 0.6) is 5.75 Å². The van der Waals surface area contributed by atoms with Crippen LogP contribution in [0.25, 0.3) is 0 Å². The van der Waals surface area contributed by atoms with Crippen molar-refractivity contribution < 1.29 is 14.3 Å². The molecule has 126 valence electrons. The lowest BCUT2D eigenvalue weighted by Crippen LogP contribution is -2.22. The molecule has 0 aliphatic heterocycles. The molecule has 0 radical (unpaired) electrons. The number of carbonyl (C=O) groups excluding carboxylic acids is 2. The van der Waals surface area contributed by atoms with Crippen molar-refractivity contribution in [2.24, 2.45) is 0 Å². The quantitative estimate of drug-likeness (QED) is 0.813. The summed E-state index contributed by atoms with van der Waals surface area (Å²) in [6, 6.07) is 11.8. The van der Waals surface area contributed by atoms with Gasteiger partial charge in [-0.05, 0) is 42.5 Å². The molecule has 0 aliphatic rings. The summed E-state index contributed by atoms with van der Waals surface area (Å²) in [6.07, 6.45) is 0. The largest absolute Gasteiger partial charge is 0.482 e. The van der Waals surface area contributed by atoms with Gasteiger partial charge in [-0.3, -0.25) is 9.59 Å². The zero-order valence-electron chi connectivity index (χ0n) is 13.2. The molecule has 0 atom stereocenters. The van der Waals surface area contributed by atoms with Crippen LogP contribution in [0.4, 0.5) is 5.69 Å². The Kier molecular flexibility index (Phi) is 6.23. The summed E-state index contributed by atoms with van der Waals surface area (Å²) in [6.45, 7) is -0.167. The Morgan fingerprint density at radius 1 is 1.17 bits per heavy atom. The fourth-order valence-electron chi connectivity index (χ4n) is 1.89. The van der Waals surface area contributed by atoms with Gasteiger partial charge >= 0.3 is 0 Å². The number of ether oxygens (including phenoxy) is 1. The molecule has 0 unspecified atom stereocenters. The average Bonchev–Trinajstić information content (AvgIpc) is 2.54. The summed E-state index contributed by atoms with van der Waals surface area (Å²) >= 11 is 9.32. The molecule has 0 spiro atoms. The Morgan fingerprint density at radius 2 is 1.83 bits per heavy atom. The second-order valence-corrected chi connectivity index (χ2v) is 6.51. The summed E-state index contributed by atoms with van der Waals surface area (Å²) in [5.74, 6) is 0.0173. The third-order valence-corrected chi connectivity index (χ3v) is 3.86. The van der Waals surface area contributed by atoms with Gasteiger partial charge in [-0.15, -0.1) is 0 Å². The van der Waals surface area contributed by atoms with Gasteiger partial charge in [0.2, 0.25) is 0 Å². The van der Waals surface area contributed by atoms with Gasteiger partial charge in [-0.1, -0.05) is 27.5 Å². The van der Waals surface area contributed by atoms with Crippen molar-refractivity contribution in [2.45, 2.75) is 0 Å². The summed E-state index contributed by atoms with van der Waals surface area (Å²) in [4.78, 5) is 25.2. The molecule has 0 saturated heterocycles. The molecule has 2 aromatic rings. The van der Waals surface area contributed by atoms with Crippen molar-refractivity contribution in [3.63, 3.8) is 0 Å². The van der Waals surface area contributed by atoms with Crippen LogP contribution in [0.15, 0.2) is 46.9 Å². The van der Waals surface area contributed by atoms with E-state index in [0.29, 0.717) is 22.0 Å². The van der Waals surface area contributed by atoms with E-state index >= 15 is 0 Å². The minimum Gasteiger partial charge on any atom is -0.482 e. The summed E-state index contributed by atoms with van der Waals surface area (Å²) < 4.78 is 6.22. The van der Waals surface area contributed by atoms with Crippen LogP contribution < -0.4 is 10.1 Å². The Bertz CT molecular complexity index is 748. The number of anilines is 1. The molecule has 2 amide bonds. The van der Waals surface area contributed by atoms with Gasteiger partial charge in [-0.25, -0.2) is 0 Å². The van der Waals surface area contributed by atoms with Crippen molar-refractivity contribution in [3.8, 4) is 5.75 Å². The Labute approximate surface area is 153 Å². The monoisotopic (exact) mass is 410 g/mol. The van der Waals surface area contributed by atoms with Crippen LogP contribution in [0.3, 0.4) is 0 Å². The average molecular weight is 412 g/mol. The van der Waals surface area contributed by atoms with Crippen LogP contribution in [0, 0.1) is 0 Å². The zero-order valence-corrected chi connectivity index (χ0v) is 15.5. The number of benzene rings is 2. The molecular formula is C17H16BrClN2O3.